The van der Waals surface area contributed by atoms with Gasteiger partial charge in [0.05, 0.1) is 19.2 Å². The lowest BCUT2D eigenvalue weighted by molar-refractivity contribution is 0.0988. The molecule has 0 aliphatic rings. The average Bonchev–Trinajstić information content (AvgIpc) is 2.33. The summed E-state index contributed by atoms with van der Waals surface area (Å²) in [4.78, 5) is 16.6. The van der Waals surface area contributed by atoms with E-state index in [1.165, 1.54) is 6.20 Å². The van der Waals surface area contributed by atoms with Crippen LogP contribution in [-0.2, 0) is 6.67 Å². The van der Waals surface area contributed by atoms with Crippen LogP contribution in [-0.4, -0.2) is 34.5 Å². The van der Waals surface area contributed by atoms with E-state index in [1.54, 1.807) is 10.9 Å². The van der Waals surface area contributed by atoms with Gasteiger partial charge >= 0.3 is 0 Å². The molecule has 0 bridgehead atoms. The van der Waals surface area contributed by atoms with Crippen LogP contribution in [0.4, 0.5) is 0 Å². The van der Waals surface area contributed by atoms with Crippen molar-refractivity contribution in [2.24, 2.45) is 5.73 Å². The highest BCUT2D eigenvalue weighted by atomic mass is 16.1. The number of primary amides is 1. The van der Waals surface area contributed by atoms with Crippen LogP contribution in [0.1, 0.15) is 10.5 Å². The quantitative estimate of drug-likeness (QED) is 0.661. The zero-order chi connectivity index (χ0) is 9.14. The van der Waals surface area contributed by atoms with E-state index < -0.39 is 5.91 Å². The standard InChI is InChI=1S/C7H12N4O/c1-10(2)5-11-4-9-3-6(11)7(8)12/h3-4H,5H2,1-2H3,(H2,8,12). The molecular weight excluding hydrogens is 156 g/mol. The second-order valence-corrected chi connectivity index (χ2v) is 2.83. The Kier molecular flexibility index (Phi) is 2.44. The summed E-state index contributed by atoms with van der Waals surface area (Å²) < 4.78 is 1.70. The summed E-state index contributed by atoms with van der Waals surface area (Å²) in [5.74, 6) is -0.450. The molecule has 1 heterocycles. The van der Waals surface area contributed by atoms with Crippen LogP contribution in [0.3, 0.4) is 0 Å². The van der Waals surface area contributed by atoms with Crippen LogP contribution in [0.25, 0.3) is 0 Å². The van der Waals surface area contributed by atoms with Crippen LogP contribution in [0, 0.1) is 0 Å². The molecular formula is C7H12N4O. The van der Waals surface area contributed by atoms with E-state index in [0.717, 1.165) is 0 Å². The normalized spacial score (nSPS) is 10.6. The first-order valence-electron chi connectivity index (χ1n) is 3.56. The summed E-state index contributed by atoms with van der Waals surface area (Å²) in [7, 11) is 3.82. The Bertz CT molecular complexity index is 279. The van der Waals surface area contributed by atoms with Crippen molar-refractivity contribution in [1.29, 1.82) is 0 Å². The number of nitrogens with zero attached hydrogens (tertiary/aromatic N) is 3. The van der Waals surface area contributed by atoms with Crippen LogP contribution in [0.5, 0.6) is 0 Å². The molecule has 0 unspecified atom stereocenters. The first kappa shape index (κ1) is 8.73. The van der Waals surface area contributed by atoms with Crippen molar-refractivity contribution in [2.45, 2.75) is 6.67 Å². The van der Waals surface area contributed by atoms with E-state index in [4.69, 9.17) is 5.73 Å². The Morgan fingerprint density at radius 3 is 2.92 bits per heavy atom. The maximum Gasteiger partial charge on any atom is 0.267 e. The van der Waals surface area contributed by atoms with Gasteiger partial charge < -0.3 is 10.3 Å². The molecule has 0 saturated carbocycles. The predicted octanol–water partition coefficient (Wildman–Crippen LogP) is -0.499. The van der Waals surface area contributed by atoms with Gasteiger partial charge in [-0.15, -0.1) is 0 Å². The van der Waals surface area contributed by atoms with Crippen LogP contribution < -0.4 is 5.73 Å². The van der Waals surface area contributed by atoms with Gasteiger partial charge in [0.1, 0.15) is 5.69 Å². The fourth-order valence-corrected chi connectivity index (χ4v) is 0.943. The van der Waals surface area contributed by atoms with E-state index in [2.05, 4.69) is 4.98 Å². The maximum absolute atomic E-state index is 10.8. The summed E-state index contributed by atoms with van der Waals surface area (Å²) in [6.07, 6.45) is 3.05. The lowest BCUT2D eigenvalue weighted by Gasteiger charge is -2.11. The third kappa shape index (κ3) is 1.82. The zero-order valence-electron chi connectivity index (χ0n) is 7.19. The number of carbonyl (C=O) groups is 1. The molecule has 1 aromatic rings. The van der Waals surface area contributed by atoms with Crippen molar-refractivity contribution >= 4 is 5.91 Å². The maximum atomic E-state index is 10.8. The smallest absolute Gasteiger partial charge is 0.267 e. The Labute approximate surface area is 70.8 Å². The molecule has 66 valence electrons. The molecule has 0 aromatic carbocycles. The van der Waals surface area contributed by atoms with E-state index >= 15 is 0 Å². The summed E-state index contributed by atoms with van der Waals surface area (Å²) in [5, 5.41) is 0. The topological polar surface area (TPSA) is 64.2 Å². The highest BCUT2D eigenvalue weighted by molar-refractivity contribution is 5.90. The Hall–Kier alpha value is -1.36. The number of aromatic nitrogens is 2. The van der Waals surface area contributed by atoms with Gasteiger partial charge in [0.25, 0.3) is 5.91 Å². The third-order valence-corrected chi connectivity index (χ3v) is 1.40. The highest BCUT2D eigenvalue weighted by Crippen LogP contribution is 1.98. The predicted molar refractivity (Wildman–Crippen MR) is 44.4 cm³/mol. The van der Waals surface area contributed by atoms with Crippen molar-refractivity contribution < 1.29 is 4.79 Å². The highest BCUT2D eigenvalue weighted by Gasteiger charge is 2.07. The van der Waals surface area contributed by atoms with Crippen LogP contribution >= 0.6 is 0 Å². The largest absolute Gasteiger partial charge is 0.364 e. The summed E-state index contributed by atoms with van der Waals surface area (Å²) >= 11 is 0. The van der Waals surface area contributed by atoms with Crippen molar-refractivity contribution in [3.63, 3.8) is 0 Å². The number of rotatable bonds is 3. The SMILES string of the molecule is CN(C)Cn1cncc1C(N)=O. The molecule has 0 atom stereocenters. The third-order valence-electron chi connectivity index (χ3n) is 1.40. The Morgan fingerprint density at radius 2 is 2.42 bits per heavy atom. The molecule has 2 N–H and O–H groups in total. The number of nitrogens with two attached hydrogens (primary N) is 1. The summed E-state index contributed by atoms with van der Waals surface area (Å²) in [5.41, 5.74) is 5.55. The van der Waals surface area contributed by atoms with E-state index in [0.29, 0.717) is 12.4 Å². The lowest BCUT2D eigenvalue weighted by Crippen LogP contribution is -2.22. The van der Waals surface area contributed by atoms with Gasteiger partial charge in [-0.2, -0.15) is 0 Å². The number of imidazole rings is 1. The van der Waals surface area contributed by atoms with Crippen molar-refractivity contribution in [1.82, 2.24) is 14.5 Å². The molecule has 5 nitrogen and oxygen atoms in total. The first-order valence-corrected chi connectivity index (χ1v) is 3.56. The summed E-state index contributed by atoms with van der Waals surface area (Å²) in [6.45, 7) is 0.609. The van der Waals surface area contributed by atoms with Gasteiger partial charge in [-0.1, -0.05) is 0 Å². The van der Waals surface area contributed by atoms with Gasteiger partial charge in [0.15, 0.2) is 0 Å². The second kappa shape index (κ2) is 3.36. The molecule has 1 amide bonds. The lowest BCUT2D eigenvalue weighted by atomic mass is 10.4. The van der Waals surface area contributed by atoms with Crippen LogP contribution in [0.15, 0.2) is 12.5 Å². The van der Waals surface area contributed by atoms with Crippen molar-refractivity contribution in [3.05, 3.63) is 18.2 Å². The fourth-order valence-electron chi connectivity index (χ4n) is 0.943. The molecule has 0 spiro atoms. The van der Waals surface area contributed by atoms with E-state index in [9.17, 15) is 4.79 Å². The van der Waals surface area contributed by atoms with E-state index in [1.807, 2.05) is 19.0 Å². The Morgan fingerprint density at radius 1 is 1.75 bits per heavy atom. The number of hydrogen-bond acceptors (Lipinski definition) is 3. The van der Waals surface area contributed by atoms with Gasteiger partial charge in [-0.05, 0) is 14.1 Å². The molecule has 0 saturated heterocycles. The number of carbonyl (C=O) groups excluding carboxylic acids is 1. The van der Waals surface area contributed by atoms with Crippen molar-refractivity contribution in [3.8, 4) is 0 Å². The first-order chi connectivity index (χ1) is 5.61. The van der Waals surface area contributed by atoms with Gasteiger partial charge in [0.2, 0.25) is 0 Å². The molecule has 0 aliphatic heterocycles. The van der Waals surface area contributed by atoms with Gasteiger partial charge in [-0.25, -0.2) is 4.98 Å². The van der Waals surface area contributed by atoms with E-state index in [-0.39, 0.29) is 0 Å². The molecule has 1 aromatic heterocycles. The molecule has 0 aliphatic carbocycles. The molecule has 0 radical (unpaired) electrons. The molecule has 12 heavy (non-hydrogen) atoms. The second-order valence-electron chi connectivity index (χ2n) is 2.83. The number of hydrogen-bond donors (Lipinski definition) is 1. The summed E-state index contributed by atoms with van der Waals surface area (Å²) in [6, 6.07) is 0. The van der Waals surface area contributed by atoms with Crippen molar-refractivity contribution in [2.75, 3.05) is 14.1 Å². The molecule has 1 rings (SSSR count). The van der Waals surface area contributed by atoms with Gasteiger partial charge in [0, 0.05) is 0 Å². The Balaban J connectivity index is 2.84. The zero-order valence-corrected chi connectivity index (χ0v) is 7.19. The minimum Gasteiger partial charge on any atom is -0.364 e. The molecule has 0 fully saturated rings. The molecule has 5 heteroatoms. The monoisotopic (exact) mass is 168 g/mol. The average molecular weight is 168 g/mol. The minimum absolute atomic E-state index is 0.434. The number of amides is 1. The minimum atomic E-state index is -0.450. The van der Waals surface area contributed by atoms with Gasteiger partial charge in [-0.3, -0.25) is 9.69 Å². The van der Waals surface area contributed by atoms with Crippen LogP contribution in [0.2, 0.25) is 0 Å². The fraction of sp³-hybridized carbons (Fsp3) is 0.429.